The maximum atomic E-state index is 13.1. The van der Waals surface area contributed by atoms with Crippen molar-refractivity contribution >= 4 is 38.8 Å². The number of aromatic nitrogens is 2. The molecule has 5 rings (SSSR count). The van der Waals surface area contributed by atoms with Crippen LogP contribution in [0, 0.1) is 6.92 Å². The molecule has 1 aliphatic rings. The molecule has 158 valence electrons. The molecule has 0 spiro atoms. The van der Waals surface area contributed by atoms with Gasteiger partial charge in [0.1, 0.15) is 16.2 Å². The topological polar surface area (TPSA) is 67.2 Å². The van der Waals surface area contributed by atoms with Crippen LogP contribution in [0.25, 0.3) is 15.9 Å². The predicted octanol–water partition coefficient (Wildman–Crippen LogP) is 3.19. The van der Waals surface area contributed by atoms with Gasteiger partial charge in [-0.15, -0.1) is 11.3 Å². The third-order valence-electron chi connectivity index (χ3n) is 5.75. The SMILES string of the molecule is COc1ccc(N2CCN(C(=O)c3cc4c(=O)n5cccc(C)c5nc4s3)CC2)cc1. The Balaban J connectivity index is 1.37. The van der Waals surface area contributed by atoms with Gasteiger partial charge in [0.2, 0.25) is 0 Å². The van der Waals surface area contributed by atoms with Crippen LogP contribution in [0.2, 0.25) is 0 Å². The first-order valence-corrected chi connectivity index (χ1v) is 11.0. The number of anilines is 1. The summed E-state index contributed by atoms with van der Waals surface area (Å²) >= 11 is 1.29. The highest BCUT2D eigenvalue weighted by Crippen LogP contribution is 2.25. The van der Waals surface area contributed by atoms with E-state index in [0.29, 0.717) is 33.8 Å². The van der Waals surface area contributed by atoms with Gasteiger partial charge >= 0.3 is 0 Å². The maximum Gasteiger partial charge on any atom is 0.266 e. The van der Waals surface area contributed by atoms with Gasteiger partial charge in [0.15, 0.2) is 0 Å². The number of carbonyl (C=O) groups excluding carboxylic acids is 1. The lowest BCUT2D eigenvalue weighted by molar-refractivity contribution is 0.0751. The van der Waals surface area contributed by atoms with Crippen molar-refractivity contribution in [2.75, 3.05) is 38.2 Å². The molecule has 1 amide bonds. The zero-order valence-corrected chi connectivity index (χ0v) is 18.2. The Hall–Kier alpha value is -3.39. The molecule has 0 saturated carbocycles. The van der Waals surface area contributed by atoms with Crippen LogP contribution in [0.3, 0.4) is 0 Å². The smallest absolute Gasteiger partial charge is 0.266 e. The first-order chi connectivity index (χ1) is 15.0. The highest BCUT2D eigenvalue weighted by Gasteiger charge is 2.24. The second-order valence-electron chi connectivity index (χ2n) is 7.61. The molecule has 1 saturated heterocycles. The summed E-state index contributed by atoms with van der Waals surface area (Å²) in [4.78, 5) is 36.0. The van der Waals surface area contributed by atoms with Crippen molar-refractivity contribution in [1.29, 1.82) is 0 Å². The number of benzene rings is 1. The third-order valence-corrected chi connectivity index (χ3v) is 6.76. The Morgan fingerprint density at radius 1 is 1.10 bits per heavy atom. The van der Waals surface area contributed by atoms with Crippen molar-refractivity contribution in [1.82, 2.24) is 14.3 Å². The van der Waals surface area contributed by atoms with E-state index < -0.39 is 0 Å². The fraction of sp³-hybridized carbons (Fsp3) is 0.261. The molecular weight excluding hydrogens is 412 g/mol. The number of amides is 1. The molecule has 0 radical (unpaired) electrons. The minimum atomic E-state index is -0.136. The average molecular weight is 435 g/mol. The second kappa shape index (κ2) is 7.70. The van der Waals surface area contributed by atoms with E-state index >= 15 is 0 Å². The monoisotopic (exact) mass is 434 g/mol. The van der Waals surface area contributed by atoms with Gasteiger partial charge in [-0.1, -0.05) is 6.07 Å². The third kappa shape index (κ3) is 3.42. The van der Waals surface area contributed by atoms with Gasteiger partial charge in [0.25, 0.3) is 11.5 Å². The van der Waals surface area contributed by atoms with E-state index in [2.05, 4.69) is 9.88 Å². The molecule has 3 aromatic heterocycles. The summed E-state index contributed by atoms with van der Waals surface area (Å²) in [6.07, 6.45) is 1.72. The summed E-state index contributed by atoms with van der Waals surface area (Å²) in [5.41, 5.74) is 2.55. The number of hydrogen-bond donors (Lipinski definition) is 0. The number of ether oxygens (including phenoxy) is 1. The number of nitrogens with zero attached hydrogens (tertiary/aromatic N) is 4. The summed E-state index contributed by atoms with van der Waals surface area (Å²) in [6, 6.07) is 13.4. The zero-order chi connectivity index (χ0) is 21.5. The number of fused-ring (bicyclic) bond motifs is 2. The van der Waals surface area contributed by atoms with E-state index in [9.17, 15) is 9.59 Å². The van der Waals surface area contributed by atoms with Crippen LogP contribution in [0.1, 0.15) is 15.2 Å². The molecule has 7 nitrogen and oxygen atoms in total. The number of methoxy groups -OCH3 is 1. The van der Waals surface area contributed by atoms with Crippen LogP contribution in [0.5, 0.6) is 5.75 Å². The van der Waals surface area contributed by atoms with E-state index in [-0.39, 0.29) is 11.5 Å². The van der Waals surface area contributed by atoms with Gasteiger partial charge < -0.3 is 14.5 Å². The van der Waals surface area contributed by atoms with Gasteiger partial charge in [-0.05, 0) is 48.9 Å². The van der Waals surface area contributed by atoms with Crippen molar-refractivity contribution in [3.63, 3.8) is 0 Å². The molecule has 1 aromatic carbocycles. The van der Waals surface area contributed by atoms with Crippen LogP contribution >= 0.6 is 11.3 Å². The van der Waals surface area contributed by atoms with Gasteiger partial charge in [0.05, 0.1) is 17.4 Å². The molecule has 0 aliphatic carbocycles. The summed E-state index contributed by atoms with van der Waals surface area (Å²) in [7, 11) is 1.65. The Labute approximate surface area is 183 Å². The molecule has 8 heteroatoms. The first kappa shape index (κ1) is 19.6. The molecule has 1 aliphatic heterocycles. The minimum Gasteiger partial charge on any atom is -0.497 e. The minimum absolute atomic E-state index is 0.0393. The standard InChI is InChI=1S/C23H22N4O3S/c1-15-4-3-9-27-20(15)24-21-18(22(27)28)14-19(31-21)23(29)26-12-10-25(11-13-26)16-5-7-17(30-2)8-6-16/h3-9,14H,10-13H2,1-2H3. The number of piperazine rings is 1. The van der Waals surface area contributed by atoms with Crippen molar-refractivity contribution in [3.8, 4) is 5.75 Å². The number of rotatable bonds is 3. The molecule has 1 fully saturated rings. The molecule has 0 bridgehead atoms. The molecule has 0 atom stereocenters. The fourth-order valence-corrected chi connectivity index (χ4v) is 4.97. The van der Waals surface area contributed by atoms with Gasteiger partial charge in [-0.2, -0.15) is 0 Å². The first-order valence-electron chi connectivity index (χ1n) is 10.1. The molecule has 4 heterocycles. The molecule has 31 heavy (non-hydrogen) atoms. The highest BCUT2D eigenvalue weighted by molar-refractivity contribution is 7.20. The molecule has 0 unspecified atom stereocenters. The van der Waals surface area contributed by atoms with Crippen molar-refractivity contribution < 1.29 is 9.53 Å². The van der Waals surface area contributed by atoms with E-state index in [0.717, 1.165) is 30.1 Å². The van der Waals surface area contributed by atoms with Gasteiger partial charge in [-0.25, -0.2) is 4.98 Å². The average Bonchev–Trinajstić information content (AvgIpc) is 3.24. The van der Waals surface area contributed by atoms with Crippen LogP contribution < -0.4 is 15.2 Å². The van der Waals surface area contributed by atoms with E-state index in [1.54, 1.807) is 23.8 Å². The van der Waals surface area contributed by atoms with Crippen LogP contribution in [0.15, 0.2) is 53.5 Å². The lowest BCUT2D eigenvalue weighted by Crippen LogP contribution is -2.48. The van der Waals surface area contributed by atoms with E-state index in [1.807, 2.05) is 48.2 Å². The number of thiophene rings is 1. The second-order valence-corrected chi connectivity index (χ2v) is 8.64. The zero-order valence-electron chi connectivity index (χ0n) is 17.4. The number of pyridine rings is 1. The predicted molar refractivity (Wildman–Crippen MR) is 123 cm³/mol. The Morgan fingerprint density at radius 2 is 1.84 bits per heavy atom. The molecule has 4 aromatic rings. The van der Waals surface area contributed by atoms with Gasteiger partial charge in [-0.3, -0.25) is 14.0 Å². The normalized spacial score (nSPS) is 14.4. The van der Waals surface area contributed by atoms with Crippen molar-refractivity contribution in [3.05, 3.63) is 69.5 Å². The highest BCUT2D eigenvalue weighted by atomic mass is 32.1. The van der Waals surface area contributed by atoms with E-state index in [1.165, 1.54) is 11.3 Å². The molecular formula is C23H22N4O3S. The lowest BCUT2D eigenvalue weighted by Gasteiger charge is -2.36. The van der Waals surface area contributed by atoms with Crippen LogP contribution in [-0.4, -0.2) is 53.5 Å². The fourth-order valence-electron chi connectivity index (χ4n) is 3.98. The largest absolute Gasteiger partial charge is 0.497 e. The van der Waals surface area contributed by atoms with Crippen LogP contribution in [-0.2, 0) is 0 Å². The summed E-state index contributed by atoms with van der Waals surface area (Å²) in [6.45, 7) is 4.70. The lowest BCUT2D eigenvalue weighted by atomic mass is 10.2. The number of hydrogen-bond acceptors (Lipinski definition) is 6. The Bertz CT molecular complexity index is 1330. The number of carbonyl (C=O) groups is 1. The number of aryl methyl sites for hydroxylation is 1. The maximum absolute atomic E-state index is 13.1. The van der Waals surface area contributed by atoms with Crippen molar-refractivity contribution in [2.24, 2.45) is 0 Å². The summed E-state index contributed by atoms with van der Waals surface area (Å²) < 4.78 is 6.77. The van der Waals surface area contributed by atoms with Gasteiger partial charge in [0, 0.05) is 38.1 Å². The molecule has 0 N–H and O–H groups in total. The Morgan fingerprint density at radius 3 is 2.55 bits per heavy atom. The van der Waals surface area contributed by atoms with Crippen molar-refractivity contribution in [2.45, 2.75) is 6.92 Å². The summed E-state index contributed by atoms with van der Waals surface area (Å²) in [5, 5.41) is 0.494. The van der Waals surface area contributed by atoms with Crippen LogP contribution in [0.4, 0.5) is 5.69 Å². The Kier molecular flexibility index (Phi) is 4.86. The van der Waals surface area contributed by atoms with E-state index in [4.69, 9.17) is 4.74 Å². The quantitative estimate of drug-likeness (QED) is 0.495. The summed E-state index contributed by atoms with van der Waals surface area (Å²) in [5.74, 6) is 0.789.